The quantitative estimate of drug-likeness (QED) is 0.482. The van der Waals surface area contributed by atoms with Crippen LogP contribution >= 0.6 is 0 Å². The van der Waals surface area contributed by atoms with Gasteiger partial charge in [0.2, 0.25) is 0 Å². The molecule has 0 aliphatic carbocycles. The molecule has 0 aromatic rings. The van der Waals surface area contributed by atoms with Gasteiger partial charge >= 0.3 is 12.0 Å². The normalized spacial score (nSPS) is 11.2. The number of urea groups is 1. The van der Waals surface area contributed by atoms with Crippen molar-refractivity contribution in [3.05, 3.63) is 0 Å². The Kier molecular flexibility index (Phi) is 10.7. The number of rotatable bonds is 12. The molecule has 0 aliphatic heterocycles. The minimum atomic E-state index is -0.758. The predicted octanol–water partition coefficient (Wildman–Crippen LogP) is 3.54. The van der Waals surface area contributed by atoms with Gasteiger partial charge in [-0.05, 0) is 24.7 Å². The van der Waals surface area contributed by atoms with Crippen LogP contribution in [0.5, 0.6) is 0 Å². The molecule has 0 heterocycles. The maximum atomic E-state index is 11.6. The fraction of sp³-hybridized carbons (Fsp3) is 0.875. The van der Waals surface area contributed by atoms with Crippen molar-refractivity contribution in [1.82, 2.24) is 10.6 Å². The van der Waals surface area contributed by atoms with Gasteiger partial charge in [-0.25, -0.2) is 4.79 Å². The molecule has 0 radical (unpaired) electrons. The molecule has 0 atom stereocenters. The first-order valence-electron chi connectivity index (χ1n) is 8.11. The first-order valence-corrected chi connectivity index (χ1v) is 8.11. The Morgan fingerprint density at radius 1 is 1.00 bits per heavy atom. The molecule has 124 valence electrons. The summed E-state index contributed by atoms with van der Waals surface area (Å²) in [6.45, 7) is 7.82. The Hall–Kier alpha value is -1.26. The highest BCUT2D eigenvalue weighted by Crippen LogP contribution is 2.22. The number of nitrogens with one attached hydrogen (secondary N) is 2. The van der Waals surface area contributed by atoms with Crippen molar-refractivity contribution in [2.75, 3.05) is 13.1 Å². The number of hydrogen-bond donors (Lipinski definition) is 3. The number of carboxylic acid groups (broad SMARTS) is 1. The topological polar surface area (TPSA) is 78.4 Å². The van der Waals surface area contributed by atoms with Gasteiger partial charge in [0.25, 0.3) is 0 Å². The van der Waals surface area contributed by atoms with Crippen molar-refractivity contribution in [3.8, 4) is 0 Å². The highest BCUT2D eigenvalue weighted by Gasteiger charge is 2.17. The average Bonchev–Trinajstić information content (AvgIpc) is 2.40. The highest BCUT2D eigenvalue weighted by atomic mass is 16.4. The fourth-order valence-corrected chi connectivity index (χ4v) is 2.10. The summed E-state index contributed by atoms with van der Waals surface area (Å²) in [5, 5.41) is 14.2. The summed E-state index contributed by atoms with van der Waals surface area (Å²) >= 11 is 0. The molecule has 2 amide bonds. The zero-order valence-corrected chi connectivity index (χ0v) is 13.8. The van der Waals surface area contributed by atoms with Crippen LogP contribution in [0.25, 0.3) is 0 Å². The Morgan fingerprint density at radius 2 is 1.71 bits per heavy atom. The number of carbonyl (C=O) groups excluding carboxylic acids is 1. The van der Waals surface area contributed by atoms with E-state index in [4.69, 9.17) is 5.11 Å². The molecule has 3 N–H and O–H groups in total. The van der Waals surface area contributed by atoms with Crippen LogP contribution in [-0.4, -0.2) is 30.2 Å². The second-order valence-electron chi connectivity index (χ2n) is 6.44. The fourth-order valence-electron chi connectivity index (χ4n) is 2.10. The van der Waals surface area contributed by atoms with Crippen LogP contribution in [0.3, 0.4) is 0 Å². The molecule has 0 rings (SSSR count). The summed E-state index contributed by atoms with van der Waals surface area (Å²) < 4.78 is 0. The lowest BCUT2D eigenvalue weighted by Gasteiger charge is -2.25. The lowest BCUT2D eigenvalue weighted by atomic mass is 9.87. The molecule has 0 saturated heterocycles. The lowest BCUT2D eigenvalue weighted by Crippen LogP contribution is -2.41. The summed E-state index contributed by atoms with van der Waals surface area (Å²) in [5.74, 6) is -0.758. The molecular formula is C16H32N2O3. The molecule has 0 bridgehead atoms. The van der Waals surface area contributed by atoms with Crippen molar-refractivity contribution >= 4 is 12.0 Å². The van der Waals surface area contributed by atoms with Crippen molar-refractivity contribution in [2.24, 2.45) is 5.41 Å². The second-order valence-corrected chi connectivity index (χ2v) is 6.44. The van der Waals surface area contributed by atoms with Gasteiger partial charge in [-0.3, -0.25) is 4.79 Å². The first-order chi connectivity index (χ1) is 9.87. The van der Waals surface area contributed by atoms with E-state index < -0.39 is 5.97 Å². The van der Waals surface area contributed by atoms with Crippen molar-refractivity contribution in [3.63, 3.8) is 0 Å². The van der Waals surface area contributed by atoms with E-state index >= 15 is 0 Å². The van der Waals surface area contributed by atoms with Crippen molar-refractivity contribution in [1.29, 1.82) is 0 Å². The number of amides is 2. The monoisotopic (exact) mass is 300 g/mol. The van der Waals surface area contributed by atoms with Crippen LogP contribution in [0.1, 0.15) is 72.1 Å². The third-order valence-corrected chi connectivity index (χ3v) is 3.54. The van der Waals surface area contributed by atoms with E-state index in [0.29, 0.717) is 19.5 Å². The molecule has 0 aliphatic rings. The van der Waals surface area contributed by atoms with Crippen LogP contribution in [0.15, 0.2) is 0 Å². The molecule has 0 saturated carbocycles. The minimum absolute atomic E-state index is 0.128. The van der Waals surface area contributed by atoms with E-state index in [-0.39, 0.29) is 17.9 Å². The Balaban J connectivity index is 3.58. The lowest BCUT2D eigenvalue weighted by molar-refractivity contribution is -0.137. The van der Waals surface area contributed by atoms with E-state index in [1.54, 1.807) is 0 Å². The molecule has 0 aromatic carbocycles. The van der Waals surface area contributed by atoms with Crippen LogP contribution in [0.4, 0.5) is 4.79 Å². The zero-order chi connectivity index (χ0) is 16.1. The smallest absolute Gasteiger partial charge is 0.314 e. The maximum Gasteiger partial charge on any atom is 0.314 e. The number of hydrogen-bond acceptors (Lipinski definition) is 2. The zero-order valence-electron chi connectivity index (χ0n) is 13.8. The molecule has 0 unspecified atom stereocenters. The summed E-state index contributed by atoms with van der Waals surface area (Å²) in [5.41, 5.74) is 0.133. The van der Waals surface area contributed by atoms with E-state index in [9.17, 15) is 9.59 Å². The summed E-state index contributed by atoms with van der Waals surface area (Å²) in [6, 6.07) is -0.128. The average molecular weight is 300 g/mol. The van der Waals surface area contributed by atoms with Crippen LogP contribution in [0.2, 0.25) is 0 Å². The number of unbranched alkanes of at least 4 members (excludes halogenated alkanes) is 4. The predicted molar refractivity (Wildman–Crippen MR) is 85.4 cm³/mol. The van der Waals surface area contributed by atoms with Gasteiger partial charge < -0.3 is 15.7 Å². The maximum absolute atomic E-state index is 11.6. The van der Waals surface area contributed by atoms with E-state index in [0.717, 1.165) is 19.3 Å². The Morgan fingerprint density at radius 3 is 2.33 bits per heavy atom. The Bertz CT molecular complexity index is 304. The first kappa shape index (κ1) is 19.7. The van der Waals surface area contributed by atoms with E-state index in [1.165, 1.54) is 19.3 Å². The Labute approximate surface area is 128 Å². The summed E-state index contributed by atoms with van der Waals surface area (Å²) in [7, 11) is 0. The molecular weight excluding hydrogens is 268 g/mol. The number of carboxylic acids is 1. The molecule has 0 spiro atoms. The van der Waals surface area contributed by atoms with Crippen molar-refractivity contribution < 1.29 is 14.7 Å². The highest BCUT2D eigenvalue weighted by molar-refractivity contribution is 5.73. The van der Waals surface area contributed by atoms with Crippen molar-refractivity contribution in [2.45, 2.75) is 72.1 Å². The second kappa shape index (κ2) is 11.4. The van der Waals surface area contributed by atoms with E-state index in [2.05, 4.69) is 31.4 Å². The van der Waals surface area contributed by atoms with Gasteiger partial charge in [0.1, 0.15) is 0 Å². The molecule has 5 heteroatoms. The molecule has 0 aromatic heterocycles. The molecule has 21 heavy (non-hydrogen) atoms. The minimum Gasteiger partial charge on any atom is -0.481 e. The van der Waals surface area contributed by atoms with Gasteiger partial charge in [-0.2, -0.15) is 0 Å². The van der Waals surface area contributed by atoms with Gasteiger partial charge in [-0.15, -0.1) is 0 Å². The summed E-state index contributed by atoms with van der Waals surface area (Å²) in [4.78, 5) is 22.0. The SMILES string of the molecule is CCCCCC(C)(C)CNC(=O)NCCCCCC(=O)O. The largest absolute Gasteiger partial charge is 0.481 e. The van der Waals surface area contributed by atoms with Gasteiger partial charge in [0, 0.05) is 19.5 Å². The van der Waals surface area contributed by atoms with Crippen LogP contribution in [0, 0.1) is 5.41 Å². The summed E-state index contributed by atoms with van der Waals surface area (Å²) in [6.07, 6.45) is 7.31. The third-order valence-electron chi connectivity index (χ3n) is 3.54. The number of carbonyl (C=O) groups is 2. The molecule has 0 fully saturated rings. The van der Waals surface area contributed by atoms with Crippen LogP contribution in [-0.2, 0) is 4.79 Å². The van der Waals surface area contributed by atoms with Crippen LogP contribution < -0.4 is 10.6 Å². The molecule has 5 nitrogen and oxygen atoms in total. The number of aliphatic carboxylic acids is 1. The van der Waals surface area contributed by atoms with Gasteiger partial charge in [-0.1, -0.05) is 46.5 Å². The standard InChI is InChI=1S/C16H32N2O3/c1-4-5-8-11-16(2,3)13-18-15(21)17-12-9-6-7-10-14(19)20/h4-13H2,1-3H3,(H,19,20)(H2,17,18,21). The third kappa shape index (κ3) is 13.5. The van der Waals surface area contributed by atoms with Gasteiger partial charge in [0.15, 0.2) is 0 Å². The van der Waals surface area contributed by atoms with E-state index in [1.807, 2.05) is 0 Å². The van der Waals surface area contributed by atoms with Gasteiger partial charge in [0.05, 0.1) is 0 Å².